The Balaban J connectivity index is 1.53. The summed E-state index contributed by atoms with van der Waals surface area (Å²) in [5.74, 6) is 0.394. The van der Waals surface area contributed by atoms with E-state index in [9.17, 15) is 4.79 Å². The van der Waals surface area contributed by atoms with Crippen molar-refractivity contribution < 1.29 is 4.79 Å². The van der Waals surface area contributed by atoms with Crippen LogP contribution < -0.4 is 5.32 Å². The van der Waals surface area contributed by atoms with Crippen molar-refractivity contribution in [3.63, 3.8) is 0 Å². The molecule has 8 heteroatoms. The van der Waals surface area contributed by atoms with Crippen LogP contribution in [0.3, 0.4) is 0 Å². The van der Waals surface area contributed by atoms with Gasteiger partial charge in [-0.25, -0.2) is 9.97 Å². The number of hydrogen-bond acceptors (Lipinski definition) is 6. The molecule has 1 amide bonds. The van der Waals surface area contributed by atoms with E-state index in [0.717, 1.165) is 22.5 Å². The summed E-state index contributed by atoms with van der Waals surface area (Å²) in [5, 5.41) is 16.1. The van der Waals surface area contributed by atoms with E-state index < -0.39 is 0 Å². The van der Waals surface area contributed by atoms with Crippen LogP contribution >= 0.6 is 0 Å². The SMILES string of the molecule is Cc1cnc(Nc2cnn(C)c2)nc1-c1ccc(C(=O)N2CC(C#N)C2)cc1. The highest BCUT2D eigenvalue weighted by Gasteiger charge is 2.30. The molecule has 0 aliphatic carbocycles. The second-order valence-electron chi connectivity index (χ2n) is 6.87. The molecule has 1 aliphatic rings. The zero-order valence-electron chi connectivity index (χ0n) is 15.6. The van der Waals surface area contributed by atoms with Gasteiger partial charge in [0.15, 0.2) is 0 Å². The van der Waals surface area contributed by atoms with Gasteiger partial charge in [-0.15, -0.1) is 0 Å². The molecule has 1 aliphatic heterocycles. The topological polar surface area (TPSA) is 99.7 Å². The molecule has 0 radical (unpaired) electrons. The van der Waals surface area contributed by atoms with Gasteiger partial charge in [-0.3, -0.25) is 9.48 Å². The van der Waals surface area contributed by atoms with Crippen LogP contribution in [0, 0.1) is 24.2 Å². The summed E-state index contributed by atoms with van der Waals surface area (Å²) < 4.78 is 1.70. The first-order valence-electron chi connectivity index (χ1n) is 8.92. The fraction of sp³-hybridized carbons (Fsp3) is 0.250. The average Bonchev–Trinajstić information content (AvgIpc) is 3.07. The molecule has 3 aromatic rings. The van der Waals surface area contributed by atoms with Gasteiger partial charge in [0, 0.05) is 43.7 Å². The van der Waals surface area contributed by atoms with Gasteiger partial charge in [0.05, 0.1) is 29.6 Å². The number of anilines is 2. The normalized spacial score (nSPS) is 13.7. The van der Waals surface area contributed by atoms with Crippen LogP contribution in [0.2, 0.25) is 0 Å². The van der Waals surface area contributed by atoms with Gasteiger partial charge >= 0.3 is 0 Å². The van der Waals surface area contributed by atoms with Gasteiger partial charge in [0.1, 0.15) is 0 Å². The Hall–Kier alpha value is -3.73. The lowest BCUT2D eigenvalue weighted by Gasteiger charge is -2.35. The van der Waals surface area contributed by atoms with Crippen LogP contribution in [0.5, 0.6) is 0 Å². The van der Waals surface area contributed by atoms with Gasteiger partial charge < -0.3 is 10.2 Å². The molecule has 8 nitrogen and oxygen atoms in total. The molecule has 1 N–H and O–H groups in total. The van der Waals surface area contributed by atoms with E-state index in [-0.39, 0.29) is 11.8 Å². The Morgan fingerprint density at radius 3 is 2.64 bits per heavy atom. The number of amides is 1. The minimum Gasteiger partial charge on any atom is -0.336 e. The highest BCUT2D eigenvalue weighted by Crippen LogP contribution is 2.25. The van der Waals surface area contributed by atoms with Crippen LogP contribution in [0.4, 0.5) is 11.6 Å². The molecule has 1 saturated heterocycles. The molecule has 0 bridgehead atoms. The number of aromatic nitrogens is 4. The number of nitrogens with zero attached hydrogens (tertiary/aromatic N) is 6. The summed E-state index contributed by atoms with van der Waals surface area (Å²) in [4.78, 5) is 23.1. The van der Waals surface area contributed by atoms with Crippen molar-refractivity contribution >= 4 is 17.5 Å². The Labute approximate surface area is 162 Å². The molecule has 3 heterocycles. The minimum absolute atomic E-state index is 0.0439. The predicted octanol–water partition coefficient (Wildman–Crippen LogP) is 2.52. The maximum absolute atomic E-state index is 12.4. The first-order chi connectivity index (χ1) is 13.5. The number of hydrogen-bond donors (Lipinski definition) is 1. The third-order valence-electron chi connectivity index (χ3n) is 4.69. The predicted molar refractivity (Wildman–Crippen MR) is 104 cm³/mol. The number of carbonyl (C=O) groups is 1. The van der Waals surface area contributed by atoms with E-state index >= 15 is 0 Å². The zero-order valence-corrected chi connectivity index (χ0v) is 15.6. The highest BCUT2D eigenvalue weighted by molar-refractivity contribution is 5.95. The standard InChI is InChI=1S/C20H19N7O/c1-13-8-22-20(24-17-9-23-26(2)12-17)25-18(13)15-3-5-16(6-4-15)19(28)27-10-14(7-21)11-27/h3-6,8-9,12,14H,10-11H2,1-2H3,(H,22,24,25). The fourth-order valence-corrected chi connectivity index (χ4v) is 3.09. The number of nitrogens with one attached hydrogen (secondary N) is 1. The molecular weight excluding hydrogens is 354 g/mol. The van der Waals surface area contributed by atoms with Crippen LogP contribution in [0.15, 0.2) is 42.9 Å². The van der Waals surface area contributed by atoms with Gasteiger partial charge in [-0.1, -0.05) is 12.1 Å². The maximum Gasteiger partial charge on any atom is 0.253 e. The second kappa shape index (κ2) is 7.12. The molecule has 1 aromatic carbocycles. The van der Waals surface area contributed by atoms with Crippen LogP contribution in [-0.4, -0.2) is 43.6 Å². The van der Waals surface area contributed by atoms with E-state index in [1.54, 1.807) is 34.1 Å². The van der Waals surface area contributed by atoms with E-state index in [0.29, 0.717) is 24.6 Å². The Bertz CT molecular complexity index is 1060. The molecule has 0 atom stereocenters. The fourth-order valence-electron chi connectivity index (χ4n) is 3.09. The summed E-state index contributed by atoms with van der Waals surface area (Å²) in [6.45, 7) is 2.96. The molecular formula is C20H19N7O. The number of aryl methyl sites for hydroxylation is 2. The lowest BCUT2D eigenvalue weighted by molar-refractivity contribution is 0.0577. The zero-order chi connectivity index (χ0) is 19.7. The second-order valence-corrected chi connectivity index (χ2v) is 6.87. The Morgan fingerprint density at radius 2 is 2.00 bits per heavy atom. The van der Waals surface area contributed by atoms with E-state index in [2.05, 4.69) is 26.5 Å². The lowest BCUT2D eigenvalue weighted by Crippen LogP contribution is -2.49. The number of nitriles is 1. The Kier molecular flexibility index (Phi) is 4.49. The van der Waals surface area contributed by atoms with Crippen LogP contribution in [0.25, 0.3) is 11.3 Å². The van der Waals surface area contributed by atoms with E-state index in [1.807, 2.05) is 32.3 Å². The summed E-state index contributed by atoms with van der Waals surface area (Å²) >= 11 is 0. The quantitative estimate of drug-likeness (QED) is 0.754. The summed E-state index contributed by atoms with van der Waals surface area (Å²) in [7, 11) is 1.84. The molecule has 140 valence electrons. The van der Waals surface area contributed by atoms with Crippen LogP contribution in [0.1, 0.15) is 15.9 Å². The molecule has 0 unspecified atom stereocenters. The summed E-state index contributed by atoms with van der Waals surface area (Å²) in [6, 6.07) is 9.55. The van der Waals surface area contributed by atoms with Crippen molar-refractivity contribution in [1.29, 1.82) is 5.26 Å². The molecule has 28 heavy (non-hydrogen) atoms. The molecule has 0 spiro atoms. The first-order valence-corrected chi connectivity index (χ1v) is 8.92. The summed E-state index contributed by atoms with van der Waals surface area (Å²) in [6.07, 6.45) is 5.31. The number of likely N-dealkylation sites (tertiary alicyclic amines) is 1. The van der Waals surface area contributed by atoms with Crippen molar-refractivity contribution in [2.75, 3.05) is 18.4 Å². The monoisotopic (exact) mass is 373 g/mol. The smallest absolute Gasteiger partial charge is 0.253 e. The van der Waals surface area contributed by atoms with Crippen molar-refractivity contribution in [3.8, 4) is 17.3 Å². The lowest BCUT2D eigenvalue weighted by atomic mass is 10.00. The number of carbonyl (C=O) groups excluding carboxylic acids is 1. The third kappa shape index (κ3) is 3.42. The van der Waals surface area contributed by atoms with E-state index in [4.69, 9.17) is 5.26 Å². The van der Waals surface area contributed by atoms with Crippen LogP contribution in [-0.2, 0) is 7.05 Å². The maximum atomic E-state index is 12.4. The largest absolute Gasteiger partial charge is 0.336 e. The molecule has 2 aromatic heterocycles. The van der Waals surface area contributed by atoms with Crippen molar-refractivity contribution in [1.82, 2.24) is 24.6 Å². The Morgan fingerprint density at radius 1 is 1.25 bits per heavy atom. The van der Waals surface area contributed by atoms with Gasteiger partial charge in [-0.05, 0) is 24.6 Å². The van der Waals surface area contributed by atoms with Gasteiger partial charge in [0.2, 0.25) is 5.95 Å². The van der Waals surface area contributed by atoms with Crippen molar-refractivity contribution in [2.45, 2.75) is 6.92 Å². The van der Waals surface area contributed by atoms with Crippen molar-refractivity contribution in [2.24, 2.45) is 13.0 Å². The summed E-state index contributed by atoms with van der Waals surface area (Å²) in [5.41, 5.74) is 4.07. The van der Waals surface area contributed by atoms with Gasteiger partial charge in [0.25, 0.3) is 5.91 Å². The van der Waals surface area contributed by atoms with E-state index in [1.165, 1.54) is 0 Å². The molecule has 0 saturated carbocycles. The third-order valence-corrected chi connectivity index (χ3v) is 4.69. The minimum atomic E-state index is -0.0450. The first kappa shape index (κ1) is 17.7. The molecule has 1 fully saturated rings. The number of rotatable bonds is 4. The van der Waals surface area contributed by atoms with Crippen molar-refractivity contribution in [3.05, 3.63) is 54.0 Å². The molecule has 4 rings (SSSR count). The number of benzene rings is 1. The average molecular weight is 373 g/mol. The van der Waals surface area contributed by atoms with Gasteiger partial charge in [-0.2, -0.15) is 10.4 Å². The highest BCUT2D eigenvalue weighted by atomic mass is 16.2.